The van der Waals surface area contributed by atoms with Gasteiger partial charge < -0.3 is 14.6 Å². The summed E-state index contributed by atoms with van der Waals surface area (Å²) in [5.74, 6) is -0.337. The summed E-state index contributed by atoms with van der Waals surface area (Å²) in [4.78, 5) is 44.7. The highest BCUT2D eigenvalue weighted by Gasteiger charge is 2.29. The number of H-pyrrole nitrogens is 1. The first-order valence-electron chi connectivity index (χ1n) is 8.71. The van der Waals surface area contributed by atoms with Crippen molar-refractivity contribution in [3.05, 3.63) is 22.1 Å². The summed E-state index contributed by atoms with van der Waals surface area (Å²) in [5.41, 5.74) is 0.537. The van der Waals surface area contributed by atoms with Crippen molar-refractivity contribution in [1.29, 1.82) is 0 Å². The van der Waals surface area contributed by atoms with Crippen LogP contribution in [-0.4, -0.2) is 52.2 Å². The summed E-state index contributed by atoms with van der Waals surface area (Å²) < 4.78 is 5.06. The van der Waals surface area contributed by atoms with Crippen LogP contribution in [0.3, 0.4) is 0 Å². The molecule has 0 spiro atoms. The predicted octanol–water partition coefficient (Wildman–Crippen LogP) is 1.62. The lowest BCUT2D eigenvalue weighted by atomic mass is 9.98. The number of rotatable bonds is 7. The van der Waals surface area contributed by atoms with E-state index in [1.807, 2.05) is 6.92 Å². The Balaban J connectivity index is 1.91. The molecule has 1 aliphatic rings. The number of carbonyl (C=O) groups is 2. The van der Waals surface area contributed by atoms with Gasteiger partial charge in [0, 0.05) is 24.8 Å². The van der Waals surface area contributed by atoms with E-state index in [2.05, 4.69) is 9.97 Å². The van der Waals surface area contributed by atoms with Gasteiger partial charge in [-0.05, 0) is 26.2 Å². The predicted molar refractivity (Wildman–Crippen MR) is 95.5 cm³/mol. The third kappa shape index (κ3) is 5.88. The first-order chi connectivity index (χ1) is 12.0. The average molecular weight is 367 g/mol. The topological polar surface area (TPSA) is 92.4 Å². The zero-order valence-corrected chi connectivity index (χ0v) is 15.6. The van der Waals surface area contributed by atoms with E-state index in [1.54, 1.807) is 11.8 Å². The van der Waals surface area contributed by atoms with Crippen molar-refractivity contribution in [3.63, 3.8) is 0 Å². The molecule has 0 saturated carbocycles. The van der Waals surface area contributed by atoms with Crippen LogP contribution in [0.25, 0.3) is 0 Å². The van der Waals surface area contributed by atoms with Crippen LogP contribution in [-0.2, 0) is 20.7 Å². The molecule has 138 valence electrons. The van der Waals surface area contributed by atoms with Gasteiger partial charge >= 0.3 is 5.97 Å². The Morgan fingerprint density at radius 3 is 2.96 bits per heavy atom. The minimum absolute atomic E-state index is 0.0532. The minimum atomic E-state index is -0.242. The number of nitrogens with one attached hydrogen (secondary N) is 1. The number of hydrogen-bond donors (Lipinski definition) is 1. The number of esters is 1. The van der Waals surface area contributed by atoms with Crippen molar-refractivity contribution in [1.82, 2.24) is 14.9 Å². The standard InChI is InChI=1S/C17H25N3O4S/c1-3-6-13-9-14(21)19-17(18-13)25-11-15(22)20-8-5-7-12(10-20)16(23)24-4-2/h9,12H,3-8,10-11H2,1-2H3,(H,18,19,21)/t12-/m1/s1. The van der Waals surface area contributed by atoms with Gasteiger partial charge in [-0.15, -0.1) is 0 Å². The molecule has 1 aliphatic heterocycles. The molecule has 8 heteroatoms. The molecule has 1 aromatic rings. The Bertz CT molecular complexity index is 662. The van der Waals surface area contributed by atoms with Gasteiger partial charge in [-0.2, -0.15) is 0 Å². The Labute approximate surface area is 151 Å². The molecular weight excluding hydrogens is 342 g/mol. The number of amides is 1. The molecule has 7 nitrogen and oxygen atoms in total. The number of ether oxygens (including phenoxy) is 1. The maximum absolute atomic E-state index is 12.4. The Morgan fingerprint density at radius 1 is 1.44 bits per heavy atom. The minimum Gasteiger partial charge on any atom is -0.466 e. The fourth-order valence-corrected chi connectivity index (χ4v) is 3.61. The molecule has 0 radical (unpaired) electrons. The summed E-state index contributed by atoms with van der Waals surface area (Å²) in [6.07, 6.45) is 3.19. The fourth-order valence-electron chi connectivity index (χ4n) is 2.81. The van der Waals surface area contributed by atoms with Crippen molar-refractivity contribution < 1.29 is 14.3 Å². The molecular formula is C17H25N3O4S. The van der Waals surface area contributed by atoms with E-state index < -0.39 is 0 Å². The molecule has 0 unspecified atom stereocenters. The number of carbonyl (C=O) groups excluding carboxylic acids is 2. The van der Waals surface area contributed by atoms with Crippen LogP contribution in [0, 0.1) is 5.92 Å². The number of nitrogens with zero attached hydrogens (tertiary/aromatic N) is 2. The van der Waals surface area contributed by atoms with Gasteiger partial charge in [-0.3, -0.25) is 14.4 Å². The maximum Gasteiger partial charge on any atom is 0.310 e. The van der Waals surface area contributed by atoms with Crippen molar-refractivity contribution in [3.8, 4) is 0 Å². The summed E-state index contributed by atoms with van der Waals surface area (Å²) in [5, 5.41) is 0.461. The quantitative estimate of drug-likeness (QED) is 0.447. The van der Waals surface area contributed by atoms with E-state index in [1.165, 1.54) is 17.8 Å². The van der Waals surface area contributed by atoms with Crippen LogP contribution in [0.5, 0.6) is 0 Å². The lowest BCUT2D eigenvalue weighted by Gasteiger charge is -2.31. The summed E-state index contributed by atoms with van der Waals surface area (Å²) in [6, 6.07) is 1.49. The number of thioether (sulfide) groups is 1. The lowest BCUT2D eigenvalue weighted by Crippen LogP contribution is -2.43. The largest absolute Gasteiger partial charge is 0.466 e. The molecule has 1 atom stereocenters. The average Bonchev–Trinajstić information content (AvgIpc) is 2.60. The van der Waals surface area contributed by atoms with Crippen molar-refractivity contribution in [2.45, 2.75) is 44.7 Å². The van der Waals surface area contributed by atoms with Gasteiger partial charge in [-0.1, -0.05) is 25.1 Å². The number of likely N-dealkylation sites (tertiary alicyclic amines) is 1. The van der Waals surface area contributed by atoms with Gasteiger partial charge in [0.2, 0.25) is 5.91 Å². The van der Waals surface area contributed by atoms with Crippen LogP contribution >= 0.6 is 11.8 Å². The molecule has 2 rings (SSSR count). The molecule has 1 N–H and O–H groups in total. The van der Waals surface area contributed by atoms with Gasteiger partial charge in [0.05, 0.1) is 18.3 Å². The molecule has 1 fully saturated rings. The second-order valence-corrected chi connectivity index (χ2v) is 6.98. The SMILES string of the molecule is CCCc1cc(=O)[nH]c(SCC(=O)N2CCC[C@@H](C(=O)OCC)C2)n1. The van der Waals surface area contributed by atoms with E-state index in [-0.39, 0.29) is 29.1 Å². The third-order valence-corrected chi connectivity index (χ3v) is 4.86. The van der Waals surface area contributed by atoms with Crippen LogP contribution in [0.4, 0.5) is 0 Å². The highest BCUT2D eigenvalue weighted by atomic mass is 32.2. The first-order valence-corrected chi connectivity index (χ1v) is 9.69. The fraction of sp³-hybridized carbons (Fsp3) is 0.647. The van der Waals surface area contributed by atoms with Crippen LogP contribution in [0.15, 0.2) is 16.0 Å². The maximum atomic E-state index is 12.4. The van der Waals surface area contributed by atoms with Gasteiger partial charge in [0.15, 0.2) is 5.16 Å². The highest BCUT2D eigenvalue weighted by Crippen LogP contribution is 2.20. The van der Waals surface area contributed by atoms with Crippen LogP contribution in [0.2, 0.25) is 0 Å². The number of aromatic amines is 1. The van der Waals surface area contributed by atoms with Gasteiger partial charge in [-0.25, -0.2) is 4.98 Å². The van der Waals surface area contributed by atoms with Crippen molar-refractivity contribution in [2.75, 3.05) is 25.4 Å². The smallest absolute Gasteiger partial charge is 0.310 e. The Morgan fingerprint density at radius 2 is 2.24 bits per heavy atom. The zero-order chi connectivity index (χ0) is 18.2. The summed E-state index contributed by atoms with van der Waals surface area (Å²) >= 11 is 1.22. The molecule has 2 heterocycles. The van der Waals surface area contributed by atoms with Crippen LogP contribution < -0.4 is 5.56 Å². The third-order valence-electron chi connectivity index (χ3n) is 4.01. The molecule has 1 saturated heterocycles. The molecule has 0 aromatic carbocycles. The number of hydrogen-bond acceptors (Lipinski definition) is 6. The highest BCUT2D eigenvalue weighted by molar-refractivity contribution is 7.99. The van der Waals surface area contributed by atoms with E-state index in [0.717, 1.165) is 31.4 Å². The number of piperidine rings is 1. The number of aryl methyl sites for hydroxylation is 1. The van der Waals surface area contributed by atoms with Gasteiger partial charge in [0.1, 0.15) is 0 Å². The number of aromatic nitrogens is 2. The van der Waals surface area contributed by atoms with Gasteiger partial charge in [0.25, 0.3) is 5.56 Å². The Hall–Kier alpha value is -1.83. The molecule has 1 amide bonds. The van der Waals surface area contributed by atoms with E-state index in [0.29, 0.717) is 24.9 Å². The zero-order valence-electron chi connectivity index (χ0n) is 14.7. The monoisotopic (exact) mass is 367 g/mol. The normalized spacial score (nSPS) is 17.4. The van der Waals surface area contributed by atoms with E-state index >= 15 is 0 Å². The molecule has 0 aliphatic carbocycles. The second kappa shape index (κ2) is 9.60. The van der Waals surface area contributed by atoms with E-state index in [4.69, 9.17) is 4.74 Å². The lowest BCUT2D eigenvalue weighted by molar-refractivity contribution is -0.151. The second-order valence-electron chi connectivity index (χ2n) is 6.01. The first kappa shape index (κ1) is 19.5. The van der Waals surface area contributed by atoms with E-state index in [9.17, 15) is 14.4 Å². The van der Waals surface area contributed by atoms with Crippen molar-refractivity contribution in [2.24, 2.45) is 5.92 Å². The summed E-state index contributed by atoms with van der Waals surface area (Å²) in [7, 11) is 0. The molecule has 25 heavy (non-hydrogen) atoms. The van der Waals surface area contributed by atoms with Crippen molar-refractivity contribution >= 4 is 23.6 Å². The molecule has 0 bridgehead atoms. The van der Waals surface area contributed by atoms with Crippen LogP contribution in [0.1, 0.15) is 38.8 Å². The molecule has 1 aromatic heterocycles. The summed E-state index contributed by atoms with van der Waals surface area (Å²) in [6.45, 7) is 5.20. The Kier molecular flexibility index (Phi) is 7.49.